The van der Waals surface area contributed by atoms with Gasteiger partial charge >= 0.3 is 0 Å². The SMILES string of the molecule is COc1ccc([N+](=O)[O-])c(CCS(=O)(=O)O)c1. The Morgan fingerprint density at radius 2 is 2.12 bits per heavy atom. The highest BCUT2D eigenvalue weighted by molar-refractivity contribution is 7.85. The Morgan fingerprint density at radius 1 is 1.47 bits per heavy atom. The van der Waals surface area contributed by atoms with Crippen molar-refractivity contribution in [2.45, 2.75) is 6.42 Å². The summed E-state index contributed by atoms with van der Waals surface area (Å²) in [6.45, 7) is 0. The highest BCUT2D eigenvalue weighted by atomic mass is 32.2. The molecule has 0 amide bonds. The summed E-state index contributed by atoms with van der Waals surface area (Å²) in [5.41, 5.74) is 0.00132. The number of aryl methyl sites for hydroxylation is 1. The molecular formula is C9H11NO6S. The molecule has 1 aromatic carbocycles. The van der Waals surface area contributed by atoms with Crippen LogP contribution in [0.5, 0.6) is 5.75 Å². The van der Waals surface area contributed by atoms with Gasteiger partial charge in [0.15, 0.2) is 0 Å². The molecule has 0 atom stereocenters. The lowest BCUT2D eigenvalue weighted by Crippen LogP contribution is -2.08. The number of nitrogens with zero attached hydrogens (tertiary/aromatic N) is 1. The molecule has 0 saturated carbocycles. The van der Waals surface area contributed by atoms with Gasteiger partial charge in [-0.15, -0.1) is 0 Å². The van der Waals surface area contributed by atoms with Gasteiger partial charge < -0.3 is 4.74 Å². The van der Waals surface area contributed by atoms with Crippen LogP contribution in [-0.2, 0) is 16.5 Å². The minimum absolute atomic E-state index is 0.146. The molecule has 0 spiro atoms. The number of ether oxygens (including phenoxy) is 1. The summed E-state index contributed by atoms with van der Waals surface area (Å²) in [4.78, 5) is 10.1. The van der Waals surface area contributed by atoms with Crippen molar-refractivity contribution in [2.75, 3.05) is 12.9 Å². The quantitative estimate of drug-likeness (QED) is 0.482. The molecule has 0 aliphatic heterocycles. The Kier molecular flexibility index (Phi) is 4.02. The Labute approximate surface area is 97.9 Å². The van der Waals surface area contributed by atoms with Crippen LogP contribution in [0.4, 0.5) is 5.69 Å². The topological polar surface area (TPSA) is 107 Å². The monoisotopic (exact) mass is 261 g/mol. The van der Waals surface area contributed by atoms with Crippen molar-refractivity contribution in [2.24, 2.45) is 0 Å². The third-order valence-corrected chi connectivity index (χ3v) is 2.83. The molecule has 0 bridgehead atoms. The number of hydrogen-bond acceptors (Lipinski definition) is 5. The molecule has 0 aliphatic carbocycles. The van der Waals surface area contributed by atoms with E-state index in [-0.39, 0.29) is 17.7 Å². The number of benzene rings is 1. The molecule has 1 N–H and O–H groups in total. The second-order valence-electron chi connectivity index (χ2n) is 3.29. The molecule has 0 aromatic heterocycles. The first-order valence-electron chi connectivity index (χ1n) is 4.60. The Hall–Kier alpha value is -1.67. The zero-order chi connectivity index (χ0) is 13.1. The van der Waals surface area contributed by atoms with E-state index in [9.17, 15) is 18.5 Å². The maximum atomic E-state index is 10.7. The summed E-state index contributed by atoms with van der Waals surface area (Å²) in [5.74, 6) is -0.179. The molecule has 17 heavy (non-hydrogen) atoms. The van der Waals surface area contributed by atoms with Crippen molar-refractivity contribution in [3.8, 4) is 5.75 Å². The van der Waals surface area contributed by atoms with Crippen molar-refractivity contribution < 1.29 is 22.6 Å². The van der Waals surface area contributed by atoms with Crippen LogP contribution in [0.3, 0.4) is 0 Å². The third-order valence-electron chi connectivity index (χ3n) is 2.11. The molecule has 0 fully saturated rings. The molecule has 0 saturated heterocycles. The molecule has 0 unspecified atom stereocenters. The van der Waals surface area contributed by atoms with Gasteiger partial charge in [-0.05, 0) is 18.6 Å². The smallest absolute Gasteiger partial charge is 0.272 e. The molecule has 7 nitrogen and oxygen atoms in total. The minimum atomic E-state index is -4.15. The van der Waals surface area contributed by atoms with Gasteiger partial charge in [0.25, 0.3) is 15.8 Å². The average molecular weight is 261 g/mol. The first-order valence-corrected chi connectivity index (χ1v) is 6.21. The Bertz CT molecular complexity index is 524. The summed E-state index contributed by atoms with van der Waals surface area (Å²) in [5, 5.41) is 10.7. The number of rotatable bonds is 5. The second kappa shape index (κ2) is 5.11. The van der Waals surface area contributed by atoms with Gasteiger partial charge in [-0.25, -0.2) is 0 Å². The van der Waals surface area contributed by atoms with Crippen LogP contribution in [-0.4, -0.2) is 30.8 Å². The first-order chi connectivity index (χ1) is 7.83. The van der Waals surface area contributed by atoms with E-state index in [1.165, 1.54) is 25.3 Å². The van der Waals surface area contributed by atoms with E-state index in [1.807, 2.05) is 0 Å². The van der Waals surface area contributed by atoms with Crippen LogP contribution in [0.25, 0.3) is 0 Å². The zero-order valence-electron chi connectivity index (χ0n) is 8.99. The summed E-state index contributed by atoms with van der Waals surface area (Å²) in [6, 6.07) is 4.02. The van der Waals surface area contributed by atoms with Gasteiger partial charge in [-0.3, -0.25) is 14.7 Å². The lowest BCUT2D eigenvalue weighted by atomic mass is 10.1. The fraction of sp³-hybridized carbons (Fsp3) is 0.333. The van der Waals surface area contributed by atoms with Gasteiger partial charge in [-0.1, -0.05) is 0 Å². The third kappa shape index (κ3) is 4.00. The van der Waals surface area contributed by atoms with E-state index in [0.29, 0.717) is 5.75 Å². The number of nitro benzene ring substituents is 1. The van der Waals surface area contributed by atoms with Crippen LogP contribution in [0.2, 0.25) is 0 Å². The highest BCUT2D eigenvalue weighted by Crippen LogP contribution is 2.24. The molecular weight excluding hydrogens is 250 g/mol. The fourth-order valence-corrected chi connectivity index (χ4v) is 1.78. The first kappa shape index (κ1) is 13.4. The average Bonchev–Trinajstić information content (AvgIpc) is 2.24. The predicted octanol–water partition coefficient (Wildman–Crippen LogP) is 1.03. The van der Waals surface area contributed by atoms with Crippen molar-refractivity contribution in [3.63, 3.8) is 0 Å². The van der Waals surface area contributed by atoms with E-state index in [1.54, 1.807) is 0 Å². The second-order valence-corrected chi connectivity index (χ2v) is 4.86. The number of nitro groups is 1. The van der Waals surface area contributed by atoms with E-state index < -0.39 is 20.8 Å². The molecule has 1 aromatic rings. The van der Waals surface area contributed by atoms with Crippen LogP contribution < -0.4 is 4.74 Å². The molecule has 8 heteroatoms. The van der Waals surface area contributed by atoms with E-state index in [2.05, 4.69) is 0 Å². The Morgan fingerprint density at radius 3 is 2.59 bits per heavy atom. The number of methoxy groups -OCH3 is 1. The standard InChI is InChI=1S/C9H11NO6S/c1-16-8-2-3-9(10(11)12)7(6-8)4-5-17(13,14)15/h2-3,6H,4-5H2,1H3,(H,13,14,15). The van der Waals surface area contributed by atoms with Crippen LogP contribution >= 0.6 is 0 Å². The van der Waals surface area contributed by atoms with E-state index >= 15 is 0 Å². The van der Waals surface area contributed by atoms with E-state index in [0.717, 1.165) is 0 Å². The van der Waals surface area contributed by atoms with Crippen molar-refractivity contribution in [1.82, 2.24) is 0 Å². The molecule has 0 heterocycles. The highest BCUT2D eigenvalue weighted by Gasteiger charge is 2.16. The fourth-order valence-electron chi connectivity index (χ4n) is 1.31. The minimum Gasteiger partial charge on any atom is -0.497 e. The van der Waals surface area contributed by atoms with Crippen molar-refractivity contribution >= 4 is 15.8 Å². The summed E-state index contributed by atoms with van der Waals surface area (Å²) in [7, 11) is -2.75. The largest absolute Gasteiger partial charge is 0.497 e. The summed E-state index contributed by atoms with van der Waals surface area (Å²) >= 11 is 0. The van der Waals surface area contributed by atoms with Crippen molar-refractivity contribution in [3.05, 3.63) is 33.9 Å². The lowest BCUT2D eigenvalue weighted by Gasteiger charge is -2.04. The van der Waals surface area contributed by atoms with Crippen LogP contribution in [0, 0.1) is 10.1 Å². The summed E-state index contributed by atoms with van der Waals surface area (Å²) in [6.07, 6.45) is -0.146. The van der Waals surface area contributed by atoms with Crippen LogP contribution in [0.1, 0.15) is 5.56 Å². The summed E-state index contributed by atoms with van der Waals surface area (Å²) < 4.78 is 34.7. The van der Waals surface area contributed by atoms with Crippen LogP contribution in [0.15, 0.2) is 18.2 Å². The van der Waals surface area contributed by atoms with Gasteiger partial charge in [0.2, 0.25) is 0 Å². The zero-order valence-corrected chi connectivity index (χ0v) is 9.81. The normalized spacial score (nSPS) is 11.2. The van der Waals surface area contributed by atoms with E-state index in [4.69, 9.17) is 9.29 Å². The van der Waals surface area contributed by atoms with Crippen molar-refractivity contribution in [1.29, 1.82) is 0 Å². The Balaban J connectivity index is 3.05. The maximum absolute atomic E-state index is 10.7. The predicted molar refractivity (Wildman–Crippen MR) is 59.8 cm³/mol. The van der Waals surface area contributed by atoms with Gasteiger partial charge in [-0.2, -0.15) is 8.42 Å². The maximum Gasteiger partial charge on any atom is 0.272 e. The molecule has 0 aliphatic rings. The van der Waals surface area contributed by atoms with Gasteiger partial charge in [0.1, 0.15) is 5.75 Å². The number of hydrogen-bond donors (Lipinski definition) is 1. The van der Waals surface area contributed by atoms with Gasteiger partial charge in [0.05, 0.1) is 17.8 Å². The van der Waals surface area contributed by atoms with Gasteiger partial charge in [0, 0.05) is 11.6 Å². The lowest BCUT2D eigenvalue weighted by molar-refractivity contribution is -0.385. The molecule has 1 rings (SSSR count). The molecule has 0 radical (unpaired) electrons. The molecule has 94 valence electrons.